The van der Waals surface area contributed by atoms with Crippen molar-refractivity contribution in [3.05, 3.63) is 53.6 Å². The molecule has 2 aromatic carbocycles. The molecule has 1 fully saturated rings. The number of amides is 1. The molecule has 0 atom stereocenters. The van der Waals surface area contributed by atoms with Crippen LogP contribution in [0.3, 0.4) is 0 Å². The van der Waals surface area contributed by atoms with Crippen LogP contribution in [0.25, 0.3) is 0 Å². The lowest BCUT2D eigenvalue weighted by Gasteiger charge is -2.33. The molecule has 0 radical (unpaired) electrons. The number of quaternary nitrogens is 1. The highest BCUT2D eigenvalue weighted by Crippen LogP contribution is 2.19. The first-order chi connectivity index (χ1) is 12.1. The van der Waals surface area contributed by atoms with Crippen LogP contribution in [0.5, 0.6) is 5.75 Å². The number of nitrogens with one attached hydrogen (secondary N) is 2. The van der Waals surface area contributed by atoms with Gasteiger partial charge in [-0.1, -0.05) is 17.7 Å². The largest absolute Gasteiger partial charge is 0.497 e. The van der Waals surface area contributed by atoms with E-state index in [0.717, 1.165) is 48.3 Å². The second kappa shape index (κ2) is 8.23. The summed E-state index contributed by atoms with van der Waals surface area (Å²) >= 11 is 6.06. The zero-order valence-corrected chi connectivity index (χ0v) is 15.1. The third-order valence-electron chi connectivity index (χ3n) is 4.43. The predicted molar refractivity (Wildman–Crippen MR) is 101 cm³/mol. The summed E-state index contributed by atoms with van der Waals surface area (Å²) in [6.45, 7) is 4.19. The van der Waals surface area contributed by atoms with E-state index in [1.54, 1.807) is 7.11 Å². The molecule has 0 aliphatic carbocycles. The Labute approximate surface area is 153 Å². The van der Waals surface area contributed by atoms with Gasteiger partial charge < -0.3 is 19.9 Å². The second-order valence-corrected chi connectivity index (χ2v) is 6.61. The number of nitrogens with zero attached hydrogens (tertiary/aromatic N) is 1. The van der Waals surface area contributed by atoms with E-state index in [1.165, 1.54) is 4.90 Å². The smallest absolute Gasteiger partial charge is 0.279 e. The number of carbonyl (C=O) groups is 1. The number of hydrogen-bond acceptors (Lipinski definition) is 3. The minimum Gasteiger partial charge on any atom is -0.497 e. The zero-order chi connectivity index (χ0) is 17.6. The van der Waals surface area contributed by atoms with Crippen LogP contribution in [0.4, 0.5) is 11.4 Å². The highest BCUT2D eigenvalue weighted by molar-refractivity contribution is 6.30. The van der Waals surface area contributed by atoms with Crippen LogP contribution < -0.4 is 19.9 Å². The maximum absolute atomic E-state index is 12.2. The molecule has 0 aromatic heterocycles. The highest BCUT2D eigenvalue weighted by atomic mass is 35.5. The number of rotatable bonds is 5. The van der Waals surface area contributed by atoms with Crippen LogP contribution >= 0.6 is 11.6 Å². The summed E-state index contributed by atoms with van der Waals surface area (Å²) in [6, 6.07) is 15.3. The van der Waals surface area contributed by atoms with Gasteiger partial charge in [-0.05, 0) is 42.5 Å². The Kier molecular flexibility index (Phi) is 5.79. The highest BCUT2D eigenvalue weighted by Gasteiger charge is 2.22. The molecule has 1 aliphatic rings. The molecule has 1 amide bonds. The Morgan fingerprint density at radius 2 is 1.92 bits per heavy atom. The van der Waals surface area contributed by atoms with E-state index >= 15 is 0 Å². The van der Waals surface area contributed by atoms with Gasteiger partial charge in [0.1, 0.15) is 5.75 Å². The Hall–Kier alpha value is -2.24. The summed E-state index contributed by atoms with van der Waals surface area (Å²) in [7, 11) is 1.62. The lowest BCUT2D eigenvalue weighted by molar-refractivity contribution is -0.892. The molecule has 1 aliphatic heterocycles. The van der Waals surface area contributed by atoms with Gasteiger partial charge >= 0.3 is 0 Å². The van der Waals surface area contributed by atoms with Gasteiger partial charge in [-0.25, -0.2) is 0 Å². The van der Waals surface area contributed by atoms with E-state index in [2.05, 4.69) is 16.3 Å². The van der Waals surface area contributed by atoms with Crippen LogP contribution in [-0.4, -0.2) is 45.7 Å². The summed E-state index contributed by atoms with van der Waals surface area (Å²) in [5, 5.41) is 3.70. The molecule has 132 valence electrons. The Bertz CT molecular complexity index is 713. The van der Waals surface area contributed by atoms with E-state index < -0.39 is 0 Å². The summed E-state index contributed by atoms with van der Waals surface area (Å²) in [5.41, 5.74) is 1.94. The minimum atomic E-state index is 0.0383. The Balaban J connectivity index is 1.47. The fourth-order valence-corrected chi connectivity index (χ4v) is 3.22. The third kappa shape index (κ3) is 4.87. The number of methoxy groups -OCH3 is 1. The quantitative estimate of drug-likeness (QED) is 0.853. The van der Waals surface area contributed by atoms with Crippen molar-refractivity contribution in [2.75, 3.05) is 50.1 Å². The number of hydrogen-bond donors (Lipinski definition) is 2. The monoisotopic (exact) mass is 360 g/mol. The summed E-state index contributed by atoms with van der Waals surface area (Å²) in [5.74, 6) is 0.817. The fraction of sp³-hybridized carbons (Fsp3) is 0.316. The van der Waals surface area contributed by atoms with Crippen LogP contribution in [-0.2, 0) is 4.79 Å². The lowest BCUT2D eigenvalue weighted by Crippen LogP contribution is -3.15. The number of piperazine rings is 1. The van der Waals surface area contributed by atoms with Crippen molar-refractivity contribution in [2.24, 2.45) is 0 Å². The zero-order valence-electron chi connectivity index (χ0n) is 14.3. The van der Waals surface area contributed by atoms with Crippen LogP contribution in [0.15, 0.2) is 48.5 Å². The van der Waals surface area contributed by atoms with E-state index in [1.807, 2.05) is 42.5 Å². The fourth-order valence-electron chi connectivity index (χ4n) is 3.04. The normalized spacial score (nSPS) is 15.0. The number of ether oxygens (including phenoxy) is 1. The maximum Gasteiger partial charge on any atom is 0.279 e. The van der Waals surface area contributed by atoms with Crippen molar-refractivity contribution in [1.82, 2.24) is 0 Å². The molecule has 1 heterocycles. The number of halogens is 1. The summed E-state index contributed by atoms with van der Waals surface area (Å²) < 4.78 is 5.12. The van der Waals surface area contributed by atoms with Gasteiger partial charge in [0.2, 0.25) is 0 Å². The Morgan fingerprint density at radius 1 is 1.20 bits per heavy atom. The van der Waals surface area contributed by atoms with Crippen molar-refractivity contribution in [3.8, 4) is 5.75 Å². The van der Waals surface area contributed by atoms with Gasteiger partial charge in [-0.2, -0.15) is 0 Å². The molecule has 0 spiro atoms. The number of anilines is 2. The van der Waals surface area contributed by atoms with Gasteiger partial charge in [0.15, 0.2) is 6.54 Å². The van der Waals surface area contributed by atoms with Crippen molar-refractivity contribution in [2.45, 2.75) is 0 Å². The molecule has 0 saturated carbocycles. The summed E-state index contributed by atoms with van der Waals surface area (Å²) in [6.07, 6.45) is 0. The van der Waals surface area contributed by atoms with E-state index in [4.69, 9.17) is 16.3 Å². The standard InChI is InChI=1S/C19H22ClN3O2/c1-25-18-7-5-16(6-8-18)21-19(24)14-22-9-11-23(12-10-22)17-4-2-3-15(20)13-17/h2-8,13H,9-12,14H2,1H3,(H,21,24)/p+1. The minimum absolute atomic E-state index is 0.0383. The molecule has 6 heteroatoms. The lowest BCUT2D eigenvalue weighted by atomic mass is 10.2. The van der Waals surface area contributed by atoms with Crippen molar-refractivity contribution < 1.29 is 14.4 Å². The molecule has 3 rings (SSSR count). The van der Waals surface area contributed by atoms with E-state index in [9.17, 15) is 4.79 Å². The summed E-state index contributed by atoms with van der Waals surface area (Å²) in [4.78, 5) is 15.8. The topological polar surface area (TPSA) is 46.0 Å². The van der Waals surface area contributed by atoms with Crippen molar-refractivity contribution in [3.63, 3.8) is 0 Å². The molecule has 0 unspecified atom stereocenters. The number of benzene rings is 2. The molecule has 5 nitrogen and oxygen atoms in total. The van der Waals surface area contributed by atoms with Crippen LogP contribution in [0.1, 0.15) is 0 Å². The van der Waals surface area contributed by atoms with Crippen molar-refractivity contribution >= 4 is 28.9 Å². The molecule has 1 saturated heterocycles. The predicted octanol–water partition coefficient (Wildman–Crippen LogP) is 1.69. The van der Waals surface area contributed by atoms with E-state index in [0.29, 0.717) is 6.54 Å². The third-order valence-corrected chi connectivity index (χ3v) is 4.66. The second-order valence-electron chi connectivity index (χ2n) is 6.17. The van der Waals surface area contributed by atoms with Crippen LogP contribution in [0, 0.1) is 0 Å². The maximum atomic E-state index is 12.2. The molecule has 25 heavy (non-hydrogen) atoms. The van der Waals surface area contributed by atoms with Gasteiger partial charge in [0.05, 0.1) is 33.3 Å². The molecular weight excluding hydrogens is 338 g/mol. The van der Waals surface area contributed by atoms with Gasteiger partial charge in [0.25, 0.3) is 5.91 Å². The van der Waals surface area contributed by atoms with Gasteiger partial charge in [-0.3, -0.25) is 4.79 Å². The molecule has 2 N–H and O–H groups in total. The first-order valence-corrected chi connectivity index (χ1v) is 8.80. The average Bonchev–Trinajstić information content (AvgIpc) is 2.63. The van der Waals surface area contributed by atoms with Gasteiger partial charge in [-0.15, -0.1) is 0 Å². The Morgan fingerprint density at radius 3 is 2.56 bits per heavy atom. The first kappa shape index (κ1) is 17.6. The van der Waals surface area contributed by atoms with E-state index in [-0.39, 0.29) is 5.91 Å². The van der Waals surface area contributed by atoms with Crippen molar-refractivity contribution in [1.29, 1.82) is 0 Å². The van der Waals surface area contributed by atoms with Gasteiger partial charge in [0, 0.05) is 16.4 Å². The first-order valence-electron chi connectivity index (χ1n) is 8.42. The number of carbonyl (C=O) groups excluding carboxylic acids is 1. The average molecular weight is 361 g/mol. The SMILES string of the molecule is COc1ccc(NC(=O)C[NH+]2CCN(c3cccc(Cl)c3)CC2)cc1. The molecular formula is C19H23ClN3O2+. The van der Waals surface area contributed by atoms with Crippen LogP contribution in [0.2, 0.25) is 5.02 Å². The molecule has 0 bridgehead atoms. The molecule has 2 aromatic rings.